The number of hydrogen-bond acceptors (Lipinski definition) is 3. The lowest BCUT2D eigenvalue weighted by atomic mass is 10.3. The van der Waals surface area contributed by atoms with Crippen molar-refractivity contribution >= 4 is 5.69 Å². The maximum atomic E-state index is 13.7. The highest BCUT2D eigenvalue weighted by atomic mass is 19.1. The SMILES string of the molecule is COc1cccc(Oc2ccc(N=[N+]=[N-])cc2F)c1. The predicted octanol–water partition coefficient (Wildman–Crippen LogP) is 4.57. The zero-order valence-corrected chi connectivity index (χ0v) is 10.1. The van der Waals surface area contributed by atoms with Gasteiger partial charge >= 0.3 is 0 Å². The van der Waals surface area contributed by atoms with Crippen molar-refractivity contribution in [1.29, 1.82) is 0 Å². The number of benzene rings is 2. The average molecular weight is 259 g/mol. The number of halogens is 1. The van der Waals surface area contributed by atoms with Crippen LogP contribution in [-0.4, -0.2) is 7.11 Å². The molecule has 6 heteroatoms. The van der Waals surface area contributed by atoms with Crippen molar-refractivity contribution < 1.29 is 13.9 Å². The maximum Gasteiger partial charge on any atom is 0.166 e. The number of hydrogen-bond donors (Lipinski definition) is 0. The van der Waals surface area contributed by atoms with Gasteiger partial charge < -0.3 is 9.47 Å². The molecule has 0 fully saturated rings. The van der Waals surface area contributed by atoms with Crippen molar-refractivity contribution in [2.24, 2.45) is 5.11 Å². The van der Waals surface area contributed by atoms with Gasteiger partial charge in [-0.1, -0.05) is 11.2 Å². The van der Waals surface area contributed by atoms with E-state index in [1.54, 1.807) is 24.3 Å². The summed E-state index contributed by atoms with van der Waals surface area (Å²) in [6.45, 7) is 0. The summed E-state index contributed by atoms with van der Waals surface area (Å²) in [6.07, 6.45) is 0. The normalized spacial score (nSPS) is 9.58. The summed E-state index contributed by atoms with van der Waals surface area (Å²) in [7, 11) is 1.54. The standard InChI is InChI=1S/C13H10FN3O2/c1-18-10-3-2-4-11(8-10)19-13-6-5-9(16-17-15)7-12(13)14/h2-8H,1H3. The Morgan fingerprint density at radius 2 is 1.95 bits per heavy atom. The minimum Gasteiger partial charge on any atom is -0.497 e. The van der Waals surface area contributed by atoms with Crippen molar-refractivity contribution in [1.82, 2.24) is 0 Å². The van der Waals surface area contributed by atoms with Gasteiger partial charge in [-0.3, -0.25) is 0 Å². The van der Waals surface area contributed by atoms with Crippen LogP contribution in [-0.2, 0) is 0 Å². The van der Waals surface area contributed by atoms with Crippen LogP contribution in [0.1, 0.15) is 0 Å². The van der Waals surface area contributed by atoms with Gasteiger partial charge in [0.15, 0.2) is 11.6 Å². The maximum absolute atomic E-state index is 13.7. The largest absolute Gasteiger partial charge is 0.497 e. The molecule has 0 unspecified atom stereocenters. The van der Waals surface area contributed by atoms with Gasteiger partial charge in [-0.25, -0.2) is 4.39 Å². The molecule has 0 aliphatic heterocycles. The van der Waals surface area contributed by atoms with E-state index < -0.39 is 5.82 Å². The first-order valence-electron chi connectivity index (χ1n) is 5.39. The lowest BCUT2D eigenvalue weighted by Gasteiger charge is -2.08. The molecule has 2 aromatic rings. The van der Waals surface area contributed by atoms with Crippen LogP contribution in [0.3, 0.4) is 0 Å². The fraction of sp³-hybridized carbons (Fsp3) is 0.0769. The summed E-state index contributed by atoms with van der Waals surface area (Å²) >= 11 is 0. The Labute approximate surface area is 108 Å². The molecule has 2 aromatic carbocycles. The molecule has 0 aliphatic carbocycles. The number of rotatable bonds is 4. The van der Waals surface area contributed by atoms with E-state index in [0.717, 1.165) is 6.07 Å². The van der Waals surface area contributed by atoms with E-state index in [9.17, 15) is 4.39 Å². The fourth-order valence-corrected chi connectivity index (χ4v) is 1.48. The third-order valence-electron chi connectivity index (χ3n) is 2.34. The minimum atomic E-state index is -0.604. The van der Waals surface area contributed by atoms with E-state index in [-0.39, 0.29) is 11.4 Å². The second-order valence-corrected chi connectivity index (χ2v) is 3.59. The quantitative estimate of drug-likeness (QED) is 0.458. The number of ether oxygens (including phenoxy) is 2. The average Bonchev–Trinajstić information content (AvgIpc) is 2.42. The van der Waals surface area contributed by atoms with Crippen LogP contribution in [0.4, 0.5) is 10.1 Å². The summed E-state index contributed by atoms with van der Waals surface area (Å²) in [5.41, 5.74) is 8.46. The number of azide groups is 1. The smallest absolute Gasteiger partial charge is 0.166 e. The van der Waals surface area contributed by atoms with Crippen LogP contribution in [0.25, 0.3) is 10.4 Å². The van der Waals surface area contributed by atoms with Gasteiger partial charge in [-0.2, -0.15) is 0 Å². The lowest BCUT2D eigenvalue weighted by Crippen LogP contribution is -1.89. The highest BCUT2D eigenvalue weighted by Gasteiger charge is 2.06. The van der Waals surface area contributed by atoms with Crippen LogP contribution in [0, 0.1) is 5.82 Å². The first-order chi connectivity index (χ1) is 9.22. The van der Waals surface area contributed by atoms with Gasteiger partial charge in [0.05, 0.1) is 7.11 Å². The third-order valence-corrected chi connectivity index (χ3v) is 2.34. The molecule has 0 radical (unpaired) electrons. The van der Waals surface area contributed by atoms with Crippen molar-refractivity contribution in [3.05, 3.63) is 58.7 Å². The van der Waals surface area contributed by atoms with Crippen molar-refractivity contribution in [3.8, 4) is 17.2 Å². The Morgan fingerprint density at radius 1 is 1.16 bits per heavy atom. The van der Waals surface area contributed by atoms with Gasteiger partial charge in [0.2, 0.25) is 0 Å². The molecular formula is C13H10FN3O2. The first kappa shape index (κ1) is 12.7. The summed E-state index contributed by atoms with van der Waals surface area (Å²) < 4.78 is 24.1. The topological polar surface area (TPSA) is 67.2 Å². The Morgan fingerprint density at radius 3 is 2.63 bits per heavy atom. The Bertz CT molecular complexity index is 640. The van der Waals surface area contributed by atoms with Gasteiger partial charge in [-0.05, 0) is 35.9 Å². The molecule has 0 spiro atoms. The number of methoxy groups -OCH3 is 1. The number of nitrogens with zero attached hydrogens (tertiary/aromatic N) is 3. The second-order valence-electron chi connectivity index (χ2n) is 3.59. The summed E-state index contributed by atoms with van der Waals surface area (Å²) in [5, 5.41) is 3.31. The molecule has 19 heavy (non-hydrogen) atoms. The summed E-state index contributed by atoms with van der Waals surface area (Å²) in [5.74, 6) is 0.510. The van der Waals surface area contributed by atoms with Crippen LogP contribution in [0.5, 0.6) is 17.2 Å². The molecule has 0 aliphatic rings. The van der Waals surface area contributed by atoms with E-state index in [1.165, 1.54) is 19.2 Å². The van der Waals surface area contributed by atoms with Crippen LogP contribution < -0.4 is 9.47 Å². The monoisotopic (exact) mass is 259 g/mol. The second kappa shape index (κ2) is 5.75. The highest BCUT2D eigenvalue weighted by Crippen LogP contribution is 2.29. The van der Waals surface area contributed by atoms with Crippen LogP contribution in [0.15, 0.2) is 47.6 Å². The van der Waals surface area contributed by atoms with E-state index in [0.29, 0.717) is 11.5 Å². The molecular weight excluding hydrogens is 249 g/mol. The molecule has 0 bridgehead atoms. The van der Waals surface area contributed by atoms with Crippen LogP contribution >= 0.6 is 0 Å². The van der Waals surface area contributed by atoms with Gasteiger partial charge in [0.1, 0.15) is 11.5 Å². The van der Waals surface area contributed by atoms with Gasteiger partial charge in [-0.15, -0.1) is 0 Å². The van der Waals surface area contributed by atoms with E-state index in [2.05, 4.69) is 10.0 Å². The lowest BCUT2D eigenvalue weighted by molar-refractivity contribution is 0.405. The van der Waals surface area contributed by atoms with Gasteiger partial charge in [0, 0.05) is 16.7 Å². The molecule has 5 nitrogen and oxygen atoms in total. The van der Waals surface area contributed by atoms with Crippen molar-refractivity contribution in [2.45, 2.75) is 0 Å². The minimum absolute atomic E-state index is 0.0464. The van der Waals surface area contributed by atoms with Crippen LogP contribution in [0.2, 0.25) is 0 Å². The highest BCUT2D eigenvalue weighted by molar-refractivity contribution is 5.44. The molecule has 0 saturated heterocycles. The Hall–Kier alpha value is -2.72. The predicted molar refractivity (Wildman–Crippen MR) is 68.3 cm³/mol. The molecule has 0 N–H and O–H groups in total. The Kier molecular flexibility index (Phi) is 3.85. The molecule has 0 amide bonds. The van der Waals surface area contributed by atoms with Crippen molar-refractivity contribution in [2.75, 3.05) is 7.11 Å². The van der Waals surface area contributed by atoms with E-state index in [4.69, 9.17) is 15.0 Å². The molecule has 2 rings (SSSR count). The van der Waals surface area contributed by atoms with E-state index >= 15 is 0 Å². The molecule has 96 valence electrons. The third kappa shape index (κ3) is 3.14. The molecule has 0 heterocycles. The summed E-state index contributed by atoms with van der Waals surface area (Å²) in [4.78, 5) is 2.58. The molecule has 0 saturated carbocycles. The first-order valence-corrected chi connectivity index (χ1v) is 5.39. The fourth-order valence-electron chi connectivity index (χ4n) is 1.48. The summed E-state index contributed by atoms with van der Waals surface area (Å²) in [6, 6.07) is 10.8. The Balaban J connectivity index is 2.25. The van der Waals surface area contributed by atoms with Gasteiger partial charge in [0.25, 0.3) is 0 Å². The van der Waals surface area contributed by atoms with E-state index in [1.807, 2.05) is 0 Å². The zero-order chi connectivity index (χ0) is 13.7. The molecule has 0 atom stereocenters. The van der Waals surface area contributed by atoms with Crippen molar-refractivity contribution in [3.63, 3.8) is 0 Å². The zero-order valence-electron chi connectivity index (χ0n) is 10.1. The molecule has 0 aromatic heterocycles.